The van der Waals surface area contributed by atoms with E-state index < -0.39 is 15.4 Å². The first-order valence-corrected chi connectivity index (χ1v) is 11.0. The fraction of sp³-hybridized carbons (Fsp3) is 0.318. The fourth-order valence-corrected chi connectivity index (χ4v) is 4.96. The molecule has 1 N–H and O–H groups in total. The zero-order chi connectivity index (χ0) is 21.1. The van der Waals surface area contributed by atoms with Gasteiger partial charge in [0.1, 0.15) is 4.90 Å². The normalized spacial score (nSPS) is 12.1. The summed E-state index contributed by atoms with van der Waals surface area (Å²) in [6, 6.07) is 18.6. The highest BCUT2D eigenvalue weighted by molar-refractivity contribution is 7.92. The number of sulfonamides is 1. The van der Waals surface area contributed by atoms with Gasteiger partial charge in [-0.1, -0.05) is 69.3 Å². The minimum absolute atomic E-state index is 0.0280. The number of benzene rings is 2. The maximum atomic E-state index is 13.6. The molecule has 6 nitrogen and oxygen atoms in total. The second-order valence-corrected chi connectivity index (χ2v) is 9.74. The lowest BCUT2D eigenvalue weighted by atomic mass is 9.92. The number of hydrogen-bond acceptors (Lipinski definition) is 4. The predicted octanol–water partition coefficient (Wildman–Crippen LogP) is 3.42. The molecule has 3 aromatic rings. The van der Waals surface area contributed by atoms with Crippen LogP contribution in [0.25, 0.3) is 0 Å². The standard InChI is InChI=1S/C22H27N3O3S/c1-22(2,3)21-20(17-24(23-21)16-18-10-6-4-7-11-18)29(27,28)25(14-15-26)19-12-8-5-9-13-19/h4-13,17,26H,14-16H2,1-3H3. The van der Waals surface area contributed by atoms with Gasteiger partial charge in [0.05, 0.1) is 31.1 Å². The molecule has 1 aromatic heterocycles. The number of aliphatic hydroxyl groups is 1. The van der Waals surface area contributed by atoms with Crippen LogP contribution >= 0.6 is 0 Å². The van der Waals surface area contributed by atoms with E-state index in [4.69, 9.17) is 0 Å². The maximum Gasteiger partial charge on any atom is 0.267 e. The van der Waals surface area contributed by atoms with Crippen molar-refractivity contribution in [2.75, 3.05) is 17.5 Å². The third kappa shape index (κ3) is 4.68. The van der Waals surface area contributed by atoms with Crippen molar-refractivity contribution in [3.63, 3.8) is 0 Å². The number of aliphatic hydroxyl groups excluding tert-OH is 1. The van der Waals surface area contributed by atoms with Crippen LogP contribution in [-0.4, -0.2) is 36.5 Å². The second-order valence-electron chi connectivity index (χ2n) is 7.91. The Morgan fingerprint density at radius 1 is 1.00 bits per heavy atom. The van der Waals surface area contributed by atoms with Gasteiger partial charge in [0.25, 0.3) is 10.0 Å². The van der Waals surface area contributed by atoms with Crippen LogP contribution in [0, 0.1) is 0 Å². The van der Waals surface area contributed by atoms with Crippen molar-refractivity contribution < 1.29 is 13.5 Å². The lowest BCUT2D eigenvalue weighted by Crippen LogP contribution is -2.34. The van der Waals surface area contributed by atoms with Crippen LogP contribution in [0.1, 0.15) is 32.0 Å². The van der Waals surface area contributed by atoms with E-state index in [-0.39, 0.29) is 18.0 Å². The van der Waals surface area contributed by atoms with E-state index in [0.29, 0.717) is 17.9 Å². The van der Waals surface area contributed by atoms with Crippen molar-refractivity contribution in [3.8, 4) is 0 Å². The number of rotatable bonds is 7. The minimum Gasteiger partial charge on any atom is -0.394 e. The maximum absolute atomic E-state index is 13.6. The topological polar surface area (TPSA) is 75.4 Å². The molecule has 7 heteroatoms. The summed E-state index contributed by atoms with van der Waals surface area (Å²) in [4.78, 5) is 0.165. The average molecular weight is 414 g/mol. The molecule has 0 bridgehead atoms. The summed E-state index contributed by atoms with van der Waals surface area (Å²) in [6.45, 7) is 6.00. The van der Waals surface area contributed by atoms with E-state index in [1.54, 1.807) is 35.1 Å². The van der Waals surface area contributed by atoms with E-state index in [1.807, 2.05) is 57.2 Å². The Bertz CT molecular complexity index is 1040. The van der Waals surface area contributed by atoms with Gasteiger partial charge in [-0.3, -0.25) is 8.99 Å². The first-order chi connectivity index (χ1) is 13.7. The Hall–Kier alpha value is -2.64. The van der Waals surface area contributed by atoms with Crippen LogP contribution < -0.4 is 4.31 Å². The molecular weight excluding hydrogens is 386 g/mol. The van der Waals surface area contributed by atoms with E-state index >= 15 is 0 Å². The highest BCUT2D eigenvalue weighted by Crippen LogP contribution is 2.32. The highest BCUT2D eigenvalue weighted by atomic mass is 32.2. The first kappa shape index (κ1) is 21.1. The Balaban J connectivity index is 2.09. The molecule has 1 heterocycles. The van der Waals surface area contributed by atoms with Gasteiger partial charge in [-0.15, -0.1) is 0 Å². The van der Waals surface area contributed by atoms with Gasteiger partial charge in [0.2, 0.25) is 0 Å². The molecule has 0 atom stereocenters. The minimum atomic E-state index is -3.91. The molecule has 0 saturated heterocycles. The van der Waals surface area contributed by atoms with Crippen molar-refractivity contribution in [1.82, 2.24) is 9.78 Å². The molecule has 29 heavy (non-hydrogen) atoms. The fourth-order valence-electron chi connectivity index (χ4n) is 3.15. The molecule has 0 saturated carbocycles. The van der Waals surface area contributed by atoms with E-state index in [9.17, 15) is 13.5 Å². The Kier molecular flexibility index (Phi) is 6.10. The molecule has 0 aliphatic rings. The summed E-state index contributed by atoms with van der Waals surface area (Å²) < 4.78 is 30.1. The van der Waals surface area contributed by atoms with E-state index in [0.717, 1.165) is 5.56 Å². The molecular formula is C22H27N3O3S. The average Bonchev–Trinajstić information content (AvgIpc) is 3.13. The molecule has 0 fully saturated rings. The van der Waals surface area contributed by atoms with Gasteiger partial charge in [-0.2, -0.15) is 5.10 Å². The third-order valence-electron chi connectivity index (χ3n) is 4.54. The molecule has 0 unspecified atom stereocenters. The van der Waals surface area contributed by atoms with Gasteiger partial charge < -0.3 is 5.11 Å². The number of aromatic nitrogens is 2. The SMILES string of the molecule is CC(C)(C)c1nn(Cc2ccccc2)cc1S(=O)(=O)N(CCO)c1ccccc1. The van der Waals surface area contributed by atoms with Gasteiger partial charge in [-0.05, 0) is 17.7 Å². The molecule has 3 rings (SSSR count). The van der Waals surface area contributed by atoms with Crippen LogP contribution in [-0.2, 0) is 22.0 Å². The van der Waals surface area contributed by atoms with Crippen LogP contribution in [0.2, 0.25) is 0 Å². The largest absolute Gasteiger partial charge is 0.394 e. The molecule has 2 aromatic carbocycles. The van der Waals surface area contributed by atoms with Gasteiger partial charge >= 0.3 is 0 Å². The van der Waals surface area contributed by atoms with E-state index in [2.05, 4.69) is 5.10 Å². The molecule has 154 valence electrons. The van der Waals surface area contributed by atoms with Crippen LogP contribution in [0.5, 0.6) is 0 Å². The Morgan fingerprint density at radius 3 is 2.14 bits per heavy atom. The zero-order valence-corrected chi connectivity index (χ0v) is 17.8. The molecule has 0 aliphatic carbocycles. The summed E-state index contributed by atoms with van der Waals surface area (Å²) in [6.07, 6.45) is 1.59. The van der Waals surface area contributed by atoms with Crippen molar-refractivity contribution in [3.05, 3.63) is 78.1 Å². The molecule has 0 aliphatic heterocycles. The van der Waals surface area contributed by atoms with Gasteiger partial charge in [0.15, 0.2) is 0 Å². The third-order valence-corrected chi connectivity index (χ3v) is 6.37. The monoisotopic (exact) mass is 413 g/mol. The van der Waals surface area contributed by atoms with Crippen molar-refractivity contribution in [2.45, 2.75) is 37.6 Å². The number of nitrogens with zero attached hydrogens (tertiary/aromatic N) is 3. The zero-order valence-electron chi connectivity index (χ0n) is 17.0. The number of hydrogen-bond donors (Lipinski definition) is 1. The Labute approximate surface area is 172 Å². The van der Waals surface area contributed by atoms with Gasteiger partial charge in [0, 0.05) is 11.6 Å². The van der Waals surface area contributed by atoms with E-state index in [1.165, 1.54) is 4.31 Å². The van der Waals surface area contributed by atoms with Crippen molar-refractivity contribution >= 4 is 15.7 Å². The molecule has 0 radical (unpaired) electrons. The van der Waals surface area contributed by atoms with Crippen LogP contribution in [0.15, 0.2) is 71.8 Å². The lowest BCUT2D eigenvalue weighted by Gasteiger charge is -2.25. The lowest BCUT2D eigenvalue weighted by molar-refractivity contribution is 0.306. The first-order valence-electron chi connectivity index (χ1n) is 9.54. The summed E-state index contributed by atoms with van der Waals surface area (Å²) >= 11 is 0. The molecule has 0 spiro atoms. The summed E-state index contributed by atoms with van der Waals surface area (Å²) in [5, 5.41) is 14.1. The van der Waals surface area contributed by atoms with Gasteiger partial charge in [-0.25, -0.2) is 8.42 Å². The summed E-state index contributed by atoms with van der Waals surface area (Å²) in [7, 11) is -3.91. The number of anilines is 1. The van der Waals surface area contributed by atoms with Crippen LogP contribution in [0.3, 0.4) is 0 Å². The van der Waals surface area contributed by atoms with Crippen LogP contribution in [0.4, 0.5) is 5.69 Å². The quantitative estimate of drug-likeness (QED) is 0.644. The second kappa shape index (κ2) is 8.39. The predicted molar refractivity (Wildman–Crippen MR) is 115 cm³/mol. The highest BCUT2D eigenvalue weighted by Gasteiger charge is 2.34. The smallest absolute Gasteiger partial charge is 0.267 e. The number of para-hydroxylation sites is 1. The van der Waals surface area contributed by atoms with Crippen molar-refractivity contribution in [2.24, 2.45) is 0 Å². The Morgan fingerprint density at radius 2 is 1.59 bits per heavy atom. The summed E-state index contributed by atoms with van der Waals surface area (Å²) in [5.41, 5.74) is 1.59. The van der Waals surface area contributed by atoms with Crippen molar-refractivity contribution in [1.29, 1.82) is 0 Å². The summed E-state index contributed by atoms with van der Waals surface area (Å²) in [5.74, 6) is 0. The molecule has 0 amide bonds.